The molecule has 0 saturated carbocycles. The molecule has 0 aliphatic carbocycles. The van der Waals surface area contributed by atoms with E-state index in [1.54, 1.807) is 20.8 Å². The Morgan fingerprint density at radius 2 is 2.09 bits per heavy atom. The van der Waals surface area contributed by atoms with E-state index in [0.717, 1.165) is 4.90 Å². The van der Waals surface area contributed by atoms with Crippen LogP contribution in [0.3, 0.4) is 0 Å². The van der Waals surface area contributed by atoms with E-state index >= 15 is 0 Å². The molecule has 124 valence electrons. The minimum atomic E-state index is -1.29. The van der Waals surface area contributed by atoms with Crippen molar-refractivity contribution in [2.75, 3.05) is 13.7 Å². The van der Waals surface area contributed by atoms with Crippen LogP contribution >= 0.6 is 0 Å². The summed E-state index contributed by atoms with van der Waals surface area (Å²) in [6.07, 6.45) is 1.16. The summed E-state index contributed by atoms with van der Waals surface area (Å²) in [5.41, 5.74) is -0.605. The lowest BCUT2D eigenvalue weighted by molar-refractivity contribution is -0.143. The van der Waals surface area contributed by atoms with Crippen LogP contribution in [-0.2, 0) is 16.1 Å². The Morgan fingerprint density at radius 3 is 2.59 bits per heavy atom. The standard InChI is InChI=1S/C13H22N4O5/c1-13(2,3)22-12(21)16(4)10(11(19)20)9-8-17(15-14-9)6-5-7-18/h8,10,18H,5-7H2,1-4H3,(H,19,20). The second kappa shape index (κ2) is 7.21. The molecule has 9 heteroatoms. The number of carboxylic acid groups (broad SMARTS) is 1. The first-order valence-corrected chi connectivity index (χ1v) is 6.85. The highest BCUT2D eigenvalue weighted by Gasteiger charge is 2.33. The van der Waals surface area contributed by atoms with Gasteiger partial charge in [-0.1, -0.05) is 5.21 Å². The van der Waals surface area contributed by atoms with E-state index in [1.165, 1.54) is 17.9 Å². The van der Waals surface area contributed by atoms with Crippen molar-refractivity contribution in [3.63, 3.8) is 0 Å². The van der Waals surface area contributed by atoms with Crippen molar-refractivity contribution in [2.45, 2.75) is 45.4 Å². The summed E-state index contributed by atoms with van der Waals surface area (Å²) in [4.78, 5) is 24.4. The summed E-state index contributed by atoms with van der Waals surface area (Å²) in [6.45, 7) is 5.49. The van der Waals surface area contributed by atoms with Gasteiger partial charge in [0.15, 0.2) is 6.04 Å². The maximum absolute atomic E-state index is 12.0. The zero-order valence-corrected chi connectivity index (χ0v) is 13.2. The van der Waals surface area contributed by atoms with Crippen LogP contribution in [0.4, 0.5) is 4.79 Å². The van der Waals surface area contributed by atoms with Crippen molar-refractivity contribution < 1.29 is 24.5 Å². The molecule has 0 aliphatic rings. The molecule has 9 nitrogen and oxygen atoms in total. The quantitative estimate of drug-likeness (QED) is 0.791. The number of nitrogens with zero attached hydrogens (tertiary/aromatic N) is 4. The van der Waals surface area contributed by atoms with Crippen molar-refractivity contribution >= 4 is 12.1 Å². The van der Waals surface area contributed by atoms with E-state index in [4.69, 9.17) is 9.84 Å². The predicted molar refractivity (Wildman–Crippen MR) is 76.1 cm³/mol. The van der Waals surface area contributed by atoms with E-state index in [-0.39, 0.29) is 12.3 Å². The summed E-state index contributed by atoms with van der Waals surface area (Å²) >= 11 is 0. The van der Waals surface area contributed by atoms with E-state index in [2.05, 4.69) is 10.3 Å². The molecule has 0 bridgehead atoms. The molecule has 1 amide bonds. The number of aliphatic hydroxyl groups excluding tert-OH is 1. The zero-order valence-electron chi connectivity index (χ0n) is 13.2. The molecule has 1 heterocycles. The molecule has 1 atom stereocenters. The fraction of sp³-hybridized carbons (Fsp3) is 0.692. The number of carbonyl (C=O) groups is 2. The van der Waals surface area contributed by atoms with E-state index in [1.807, 2.05) is 0 Å². The van der Waals surface area contributed by atoms with Gasteiger partial charge in [0.05, 0.1) is 6.20 Å². The molecule has 1 aromatic heterocycles. The zero-order chi connectivity index (χ0) is 16.9. The van der Waals surface area contributed by atoms with Crippen molar-refractivity contribution in [1.82, 2.24) is 19.9 Å². The molecular weight excluding hydrogens is 292 g/mol. The Hall–Kier alpha value is -2.16. The van der Waals surface area contributed by atoms with Crippen LogP contribution in [0.25, 0.3) is 0 Å². The molecule has 0 spiro atoms. The van der Waals surface area contributed by atoms with Gasteiger partial charge < -0.3 is 14.9 Å². The number of aliphatic hydroxyl groups is 1. The SMILES string of the molecule is CN(C(=O)OC(C)(C)C)C(C(=O)O)c1cn(CCCO)nn1. The first-order chi connectivity index (χ1) is 10.2. The molecule has 1 aromatic rings. The maximum Gasteiger partial charge on any atom is 0.411 e. The van der Waals surface area contributed by atoms with Crippen LogP contribution in [0.1, 0.15) is 38.9 Å². The number of hydrogen-bond acceptors (Lipinski definition) is 6. The summed E-state index contributed by atoms with van der Waals surface area (Å²) < 4.78 is 6.58. The van der Waals surface area contributed by atoms with Crippen LogP contribution in [0.5, 0.6) is 0 Å². The Morgan fingerprint density at radius 1 is 1.45 bits per heavy atom. The molecule has 0 saturated heterocycles. The minimum Gasteiger partial charge on any atom is -0.479 e. The van der Waals surface area contributed by atoms with Crippen molar-refractivity contribution in [3.8, 4) is 0 Å². The number of carboxylic acids is 1. The van der Waals surface area contributed by atoms with E-state index in [0.29, 0.717) is 13.0 Å². The number of rotatable bonds is 6. The van der Waals surface area contributed by atoms with Gasteiger partial charge in [-0.2, -0.15) is 0 Å². The Kier molecular flexibility index (Phi) is 5.86. The largest absolute Gasteiger partial charge is 0.479 e. The first kappa shape index (κ1) is 17.9. The van der Waals surface area contributed by atoms with Gasteiger partial charge in [-0.05, 0) is 27.2 Å². The minimum absolute atomic E-state index is 0.00460. The second-order valence-corrected chi connectivity index (χ2v) is 5.82. The van der Waals surface area contributed by atoms with Crippen LogP contribution in [-0.4, -0.2) is 61.4 Å². The van der Waals surface area contributed by atoms with Gasteiger partial charge in [-0.3, -0.25) is 9.58 Å². The van der Waals surface area contributed by atoms with Gasteiger partial charge in [0.2, 0.25) is 0 Å². The average Bonchev–Trinajstić information content (AvgIpc) is 2.82. The Bertz CT molecular complexity index is 523. The van der Waals surface area contributed by atoms with Gasteiger partial charge in [-0.15, -0.1) is 5.10 Å². The highest BCUT2D eigenvalue weighted by atomic mass is 16.6. The van der Waals surface area contributed by atoms with Crippen molar-refractivity contribution in [1.29, 1.82) is 0 Å². The molecule has 0 radical (unpaired) electrons. The third-order valence-corrected chi connectivity index (χ3v) is 2.68. The van der Waals surface area contributed by atoms with Crippen LogP contribution in [0.15, 0.2) is 6.20 Å². The fourth-order valence-corrected chi connectivity index (χ4v) is 1.71. The lowest BCUT2D eigenvalue weighted by Gasteiger charge is -2.27. The lowest BCUT2D eigenvalue weighted by Crippen LogP contribution is -2.39. The second-order valence-electron chi connectivity index (χ2n) is 5.82. The van der Waals surface area contributed by atoms with Gasteiger partial charge in [0.1, 0.15) is 11.3 Å². The smallest absolute Gasteiger partial charge is 0.411 e. The number of aliphatic carboxylic acids is 1. The molecule has 0 fully saturated rings. The van der Waals surface area contributed by atoms with Gasteiger partial charge >= 0.3 is 12.1 Å². The van der Waals surface area contributed by atoms with Crippen molar-refractivity contribution in [2.24, 2.45) is 0 Å². The molecule has 1 unspecified atom stereocenters. The summed E-state index contributed by atoms with van der Waals surface area (Å²) in [6, 6.07) is -1.29. The number of aryl methyl sites for hydroxylation is 1. The molecule has 22 heavy (non-hydrogen) atoms. The fourth-order valence-electron chi connectivity index (χ4n) is 1.71. The lowest BCUT2D eigenvalue weighted by atomic mass is 10.2. The maximum atomic E-state index is 12.0. The highest BCUT2D eigenvalue weighted by molar-refractivity contribution is 5.80. The monoisotopic (exact) mass is 314 g/mol. The third kappa shape index (κ3) is 4.99. The molecule has 0 aliphatic heterocycles. The van der Waals surface area contributed by atoms with E-state index in [9.17, 15) is 14.7 Å². The van der Waals surface area contributed by atoms with Gasteiger partial charge in [-0.25, -0.2) is 9.59 Å². The third-order valence-electron chi connectivity index (χ3n) is 2.68. The number of ether oxygens (including phenoxy) is 1. The number of carbonyl (C=O) groups excluding carboxylic acids is 1. The summed E-state index contributed by atoms with van der Waals surface area (Å²) in [5, 5.41) is 25.7. The molecular formula is C13H22N4O5. The molecule has 1 rings (SSSR count). The number of likely N-dealkylation sites (N-methyl/N-ethyl adjacent to an activating group) is 1. The molecule has 2 N–H and O–H groups in total. The Labute approximate surface area is 128 Å². The molecule has 0 aromatic carbocycles. The predicted octanol–water partition coefficient (Wildman–Crippen LogP) is 0.653. The summed E-state index contributed by atoms with van der Waals surface area (Å²) in [5.74, 6) is -1.23. The first-order valence-electron chi connectivity index (χ1n) is 6.85. The number of amides is 1. The van der Waals surface area contributed by atoms with Crippen LogP contribution < -0.4 is 0 Å². The Balaban J connectivity index is 2.91. The normalized spacial score (nSPS) is 12.8. The van der Waals surface area contributed by atoms with Crippen molar-refractivity contribution in [3.05, 3.63) is 11.9 Å². The van der Waals surface area contributed by atoms with Gasteiger partial charge in [0, 0.05) is 20.2 Å². The average molecular weight is 314 g/mol. The number of aromatic nitrogens is 3. The topological polar surface area (TPSA) is 118 Å². The van der Waals surface area contributed by atoms with E-state index < -0.39 is 23.7 Å². The van der Waals surface area contributed by atoms with Crippen LogP contribution in [0, 0.1) is 0 Å². The number of hydrogen-bond donors (Lipinski definition) is 2. The highest BCUT2D eigenvalue weighted by Crippen LogP contribution is 2.20. The summed E-state index contributed by atoms with van der Waals surface area (Å²) in [7, 11) is 1.33. The van der Waals surface area contributed by atoms with Gasteiger partial charge in [0.25, 0.3) is 0 Å². The van der Waals surface area contributed by atoms with Crippen LogP contribution in [0.2, 0.25) is 0 Å².